The van der Waals surface area contributed by atoms with E-state index in [1.54, 1.807) is 0 Å². The van der Waals surface area contributed by atoms with Crippen LogP contribution >= 0.6 is 0 Å². The van der Waals surface area contributed by atoms with Crippen LogP contribution in [0.25, 0.3) is 0 Å². The molecule has 0 unspecified atom stereocenters. The van der Waals surface area contributed by atoms with Gasteiger partial charge in [0.1, 0.15) is 0 Å². The molecule has 0 saturated heterocycles. The third-order valence-electron chi connectivity index (χ3n) is 5.04. The molecule has 2 aromatic carbocycles. The Labute approximate surface area is 153 Å². The topological polar surface area (TPSA) is 29.5 Å². The Balaban J connectivity index is 1.93. The molecule has 0 spiro atoms. The fourth-order valence-electron chi connectivity index (χ4n) is 3.93. The zero-order valence-corrected chi connectivity index (χ0v) is 14.8. The maximum Gasteiger partial charge on any atom is 0.336 e. The molecule has 0 bridgehead atoms. The number of esters is 1. The van der Waals surface area contributed by atoms with Gasteiger partial charge in [0, 0.05) is 12.6 Å². The van der Waals surface area contributed by atoms with Crippen molar-refractivity contribution < 1.29 is 9.53 Å². The fraction of sp³-hybridized carbons (Fsp3) is 0.174. The van der Waals surface area contributed by atoms with Gasteiger partial charge in [-0.05, 0) is 30.2 Å². The molecule has 0 saturated carbocycles. The first kappa shape index (κ1) is 16.4. The first-order valence-corrected chi connectivity index (χ1v) is 8.93. The van der Waals surface area contributed by atoms with Crippen molar-refractivity contribution in [2.45, 2.75) is 18.9 Å². The standard InChI is InChI=1S/C23H21NO2/c1-2-26-22(25)20-17-23(18-11-5-3-6-12-18,19-13-7-4-8-14-19)24-16-10-9-15-21(20)24/h3-16H,2,17H2,1H3. The highest BCUT2D eigenvalue weighted by Gasteiger charge is 2.48. The van der Waals surface area contributed by atoms with Crippen LogP contribution in [0.5, 0.6) is 0 Å². The summed E-state index contributed by atoms with van der Waals surface area (Å²) in [6.45, 7) is 2.22. The monoisotopic (exact) mass is 343 g/mol. The number of allylic oxidation sites excluding steroid dienone is 3. The van der Waals surface area contributed by atoms with Gasteiger partial charge in [0.15, 0.2) is 0 Å². The van der Waals surface area contributed by atoms with E-state index in [1.165, 1.54) is 0 Å². The van der Waals surface area contributed by atoms with Crippen molar-refractivity contribution in [1.82, 2.24) is 4.90 Å². The van der Waals surface area contributed by atoms with E-state index in [0.717, 1.165) is 22.4 Å². The maximum absolute atomic E-state index is 12.7. The summed E-state index contributed by atoms with van der Waals surface area (Å²) < 4.78 is 5.36. The van der Waals surface area contributed by atoms with Crippen LogP contribution in [0, 0.1) is 0 Å². The van der Waals surface area contributed by atoms with E-state index in [4.69, 9.17) is 4.74 Å². The van der Waals surface area contributed by atoms with Gasteiger partial charge in [-0.25, -0.2) is 4.79 Å². The number of hydrogen-bond acceptors (Lipinski definition) is 3. The summed E-state index contributed by atoms with van der Waals surface area (Å²) in [5.74, 6) is -0.235. The number of carbonyl (C=O) groups excluding carboxylic acids is 1. The van der Waals surface area contributed by atoms with Crippen LogP contribution in [0.15, 0.2) is 96.4 Å². The molecule has 2 aliphatic heterocycles. The van der Waals surface area contributed by atoms with Gasteiger partial charge in [-0.1, -0.05) is 66.7 Å². The Morgan fingerprint density at radius 3 is 2.19 bits per heavy atom. The number of hydrogen-bond donors (Lipinski definition) is 0. The van der Waals surface area contributed by atoms with Crippen LogP contribution in [0.2, 0.25) is 0 Å². The Hall–Kier alpha value is -3.07. The molecule has 0 atom stereocenters. The lowest BCUT2D eigenvalue weighted by Crippen LogP contribution is -2.40. The predicted octanol–water partition coefficient (Wildman–Crippen LogP) is 4.54. The predicted molar refractivity (Wildman–Crippen MR) is 102 cm³/mol. The summed E-state index contributed by atoms with van der Waals surface area (Å²) in [7, 11) is 0. The molecule has 0 N–H and O–H groups in total. The lowest BCUT2D eigenvalue weighted by molar-refractivity contribution is -0.138. The third-order valence-corrected chi connectivity index (χ3v) is 5.04. The molecule has 0 amide bonds. The lowest BCUT2D eigenvalue weighted by Gasteiger charge is -2.41. The van der Waals surface area contributed by atoms with Crippen LogP contribution in [0.4, 0.5) is 0 Å². The van der Waals surface area contributed by atoms with Gasteiger partial charge in [0.05, 0.1) is 23.4 Å². The maximum atomic E-state index is 12.7. The van der Waals surface area contributed by atoms with E-state index in [9.17, 15) is 4.79 Å². The molecule has 130 valence electrons. The number of carbonyl (C=O) groups is 1. The van der Waals surface area contributed by atoms with E-state index < -0.39 is 5.54 Å². The average Bonchev–Trinajstić information content (AvgIpc) is 3.06. The van der Waals surface area contributed by atoms with Gasteiger partial charge >= 0.3 is 5.97 Å². The van der Waals surface area contributed by atoms with Gasteiger partial charge in [-0.3, -0.25) is 0 Å². The number of fused-ring (bicyclic) bond motifs is 1. The molecule has 26 heavy (non-hydrogen) atoms. The number of rotatable bonds is 4. The van der Waals surface area contributed by atoms with Gasteiger partial charge in [-0.2, -0.15) is 0 Å². The first-order valence-electron chi connectivity index (χ1n) is 8.93. The average molecular weight is 343 g/mol. The molecule has 0 aliphatic carbocycles. The minimum atomic E-state index is -0.457. The molecule has 3 nitrogen and oxygen atoms in total. The molecule has 2 heterocycles. The fourth-order valence-corrected chi connectivity index (χ4v) is 3.93. The van der Waals surface area contributed by atoms with Crippen molar-refractivity contribution >= 4 is 5.97 Å². The minimum Gasteiger partial charge on any atom is -0.463 e. The molecule has 4 rings (SSSR count). The smallest absolute Gasteiger partial charge is 0.336 e. The van der Waals surface area contributed by atoms with Crippen LogP contribution < -0.4 is 0 Å². The molecule has 0 fully saturated rings. The van der Waals surface area contributed by atoms with Gasteiger partial charge in [0.2, 0.25) is 0 Å². The highest BCUT2D eigenvalue weighted by Crippen LogP contribution is 2.50. The van der Waals surface area contributed by atoms with Crippen LogP contribution in [-0.4, -0.2) is 17.5 Å². The Kier molecular flexibility index (Phi) is 4.21. The zero-order valence-electron chi connectivity index (χ0n) is 14.8. The Morgan fingerprint density at radius 2 is 1.62 bits per heavy atom. The Morgan fingerprint density at radius 1 is 1.00 bits per heavy atom. The van der Waals surface area contributed by atoms with E-state index in [1.807, 2.05) is 61.5 Å². The first-order chi connectivity index (χ1) is 12.8. The molecular formula is C23H21NO2. The summed E-state index contributed by atoms with van der Waals surface area (Å²) in [6.07, 6.45) is 8.61. The highest BCUT2D eigenvalue weighted by atomic mass is 16.5. The quantitative estimate of drug-likeness (QED) is 0.764. The van der Waals surface area contributed by atoms with Crippen molar-refractivity contribution in [2.75, 3.05) is 6.61 Å². The molecule has 2 aliphatic rings. The lowest BCUT2D eigenvalue weighted by atomic mass is 9.79. The van der Waals surface area contributed by atoms with Gasteiger partial charge in [0.25, 0.3) is 0 Å². The second-order valence-corrected chi connectivity index (χ2v) is 6.42. The van der Waals surface area contributed by atoms with E-state index in [0.29, 0.717) is 13.0 Å². The summed E-state index contributed by atoms with van der Waals surface area (Å²) in [4.78, 5) is 14.9. The number of ether oxygens (including phenoxy) is 1. The van der Waals surface area contributed by atoms with Crippen LogP contribution in [0.3, 0.4) is 0 Å². The van der Waals surface area contributed by atoms with Crippen molar-refractivity contribution in [3.63, 3.8) is 0 Å². The largest absolute Gasteiger partial charge is 0.463 e. The van der Waals surface area contributed by atoms with Crippen molar-refractivity contribution in [3.8, 4) is 0 Å². The van der Waals surface area contributed by atoms with Crippen molar-refractivity contribution in [1.29, 1.82) is 0 Å². The van der Waals surface area contributed by atoms with Crippen molar-refractivity contribution in [2.24, 2.45) is 0 Å². The summed E-state index contributed by atoms with van der Waals surface area (Å²) in [5.41, 5.74) is 3.49. The second-order valence-electron chi connectivity index (χ2n) is 6.42. The SMILES string of the molecule is CCOC(=O)C1=C2C=CC=CN2C(c2ccccc2)(c2ccccc2)C1. The summed E-state index contributed by atoms with van der Waals surface area (Å²) >= 11 is 0. The molecular weight excluding hydrogens is 322 g/mol. The zero-order chi connectivity index (χ0) is 18.0. The van der Waals surface area contributed by atoms with E-state index in [-0.39, 0.29) is 5.97 Å². The molecule has 0 aromatic heterocycles. The number of benzene rings is 2. The normalized spacial score (nSPS) is 17.3. The van der Waals surface area contributed by atoms with Gasteiger partial charge in [-0.15, -0.1) is 0 Å². The van der Waals surface area contributed by atoms with Crippen LogP contribution in [-0.2, 0) is 15.1 Å². The third kappa shape index (κ3) is 2.48. The molecule has 3 heteroatoms. The minimum absolute atomic E-state index is 0.235. The molecule has 2 aromatic rings. The van der Waals surface area contributed by atoms with Gasteiger partial charge < -0.3 is 9.64 Å². The number of nitrogens with zero attached hydrogens (tertiary/aromatic N) is 1. The summed E-state index contributed by atoms with van der Waals surface area (Å²) in [6, 6.07) is 20.7. The Bertz CT molecular complexity index is 855. The molecule has 0 radical (unpaired) electrons. The van der Waals surface area contributed by atoms with Crippen LogP contribution in [0.1, 0.15) is 24.5 Å². The summed E-state index contributed by atoms with van der Waals surface area (Å²) in [5, 5.41) is 0. The highest BCUT2D eigenvalue weighted by molar-refractivity contribution is 5.91. The van der Waals surface area contributed by atoms with E-state index in [2.05, 4.69) is 35.4 Å². The second kappa shape index (κ2) is 6.68. The van der Waals surface area contributed by atoms with E-state index >= 15 is 0 Å². The van der Waals surface area contributed by atoms with Crippen molar-refractivity contribution in [3.05, 3.63) is 107 Å².